The maximum Gasteiger partial charge on any atom is 0.265 e. The number of aromatic nitrogens is 3. The van der Waals surface area contributed by atoms with Crippen molar-refractivity contribution in [2.45, 2.75) is 6.92 Å². The number of carbonyl (C=O) groups excluding carboxylic acids is 1. The van der Waals surface area contributed by atoms with Crippen LogP contribution >= 0.6 is 22.7 Å². The minimum atomic E-state index is -0.145. The highest BCUT2D eigenvalue weighted by molar-refractivity contribution is 7.29. The molecule has 0 aliphatic heterocycles. The first-order valence-electron chi connectivity index (χ1n) is 8.86. The van der Waals surface area contributed by atoms with Gasteiger partial charge in [0.05, 0.1) is 27.2 Å². The molecule has 3 heterocycles. The molecule has 28 heavy (non-hydrogen) atoms. The minimum absolute atomic E-state index is 0.132. The smallest absolute Gasteiger partial charge is 0.265 e. The number of rotatable bonds is 8. The number of nitrogens with zero attached hydrogens (tertiary/aromatic N) is 2. The summed E-state index contributed by atoms with van der Waals surface area (Å²) in [5, 5.41) is 18.8. The molecule has 4 aromatic rings. The first-order chi connectivity index (χ1) is 13.6. The fraction of sp³-hybridized carbons (Fsp3) is 0.278. The number of thiophene rings is 1. The Morgan fingerprint density at radius 3 is 2.89 bits per heavy atom. The molecule has 0 bridgehead atoms. The molecular formula is C18H20N6O2S2. The number of aryl methyl sites for hydroxylation is 1. The third-order valence-electron chi connectivity index (χ3n) is 4.04. The average molecular weight is 417 g/mol. The highest BCUT2D eigenvalue weighted by Gasteiger charge is 2.14. The number of imidazole rings is 1. The van der Waals surface area contributed by atoms with E-state index in [0.717, 1.165) is 50.3 Å². The largest absolute Gasteiger partial charge is 0.395 e. The van der Waals surface area contributed by atoms with E-state index in [1.165, 1.54) is 22.7 Å². The Kier molecular flexibility index (Phi) is 5.53. The molecule has 4 rings (SSSR count). The standard InChI is InChI=1S/C18H20N6O2S2/c1-10-21-12-3-2-11(8-13(12)22-10)23-16(26)14-9-15-17(27-14)24-18(28-15)20-5-4-19-6-7-25/h2-3,8-9,19,25H,4-7H2,1H3,(H,20,24)(H,21,22)(H,23,26). The van der Waals surface area contributed by atoms with Crippen LogP contribution in [0.25, 0.3) is 20.6 Å². The van der Waals surface area contributed by atoms with Gasteiger partial charge in [-0.1, -0.05) is 11.3 Å². The van der Waals surface area contributed by atoms with Crippen LogP contribution in [-0.4, -0.2) is 52.2 Å². The lowest BCUT2D eigenvalue weighted by molar-refractivity contribution is 0.103. The molecule has 0 aliphatic rings. The summed E-state index contributed by atoms with van der Waals surface area (Å²) in [7, 11) is 0. The zero-order valence-corrected chi connectivity index (χ0v) is 16.8. The van der Waals surface area contributed by atoms with E-state index < -0.39 is 0 Å². The van der Waals surface area contributed by atoms with Crippen LogP contribution in [0.2, 0.25) is 0 Å². The summed E-state index contributed by atoms with van der Waals surface area (Å²) < 4.78 is 0.987. The van der Waals surface area contributed by atoms with Crippen molar-refractivity contribution in [3.63, 3.8) is 0 Å². The molecular weight excluding hydrogens is 396 g/mol. The van der Waals surface area contributed by atoms with Gasteiger partial charge in [0.1, 0.15) is 10.7 Å². The number of amides is 1. The van der Waals surface area contributed by atoms with E-state index in [1.54, 1.807) is 0 Å². The second kappa shape index (κ2) is 8.23. The number of hydrogen-bond donors (Lipinski definition) is 5. The van der Waals surface area contributed by atoms with Gasteiger partial charge in [0.2, 0.25) is 0 Å². The molecule has 0 unspecified atom stereocenters. The van der Waals surface area contributed by atoms with Crippen LogP contribution in [-0.2, 0) is 0 Å². The second-order valence-electron chi connectivity index (χ2n) is 6.21. The number of hydrogen-bond acceptors (Lipinski definition) is 8. The number of aliphatic hydroxyl groups excluding tert-OH is 1. The number of aromatic amines is 1. The molecule has 0 radical (unpaired) electrons. The highest BCUT2D eigenvalue weighted by atomic mass is 32.1. The number of H-pyrrole nitrogens is 1. The molecule has 1 amide bonds. The van der Waals surface area contributed by atoms with Gasteiger partial charge in [-0.05, 0) is 31.2 Å². The summed E-state index contributed by atoms with van der Waals surface area (Å²) in [6.07, 6.45) is 0. The van der Waals surface area contributed by atoms with Crippen molar-refractivity contribution < 1.29 is 9.90 Å². The lowest BCUT2D eigenvalue weighted by atomic mass is 10.2. The summed E-state index contributed by atoms with van der Waals surface area (Å²) in [5.41, 5.74) is 2.50. The van der Waals surface area contributed by atoms with Crippen molar-refractivity contribution >= 4 is 60.0 Å². The fourth-order valence-electron chi connectivity index (χ4n) is 2.79. The Labute approximate surface area is 169 Å². The van der Waals surface area contributed by atoms with Gasteiger partial charge in [-0.15, -0.1) is 11.3 Å². The average Bonchev–Trinajstić information content (AvgIpc) is 3.33. The number of anilines is 2. The van der Waals surface area contributed by atoms with Gasteiger partial charge >= 0.3 is 0 Å². The van der Waals surface area contributed by atoms with E-state index in [-0.39, 0.29) is 12.5 Å². The Balaban J connectivity index is 1.40. The van der Waals surface area contributed by atoms with Crippen molar-refractivity contribution in [3.05, 3.63) is 35.0 Å². The van der Waals surface area contributed by atoms with Gasteiger partial charge in [-0.25, -0.2) is 9.97 Å². The molecule has 0 saturated carbocycles. The lowest BCUT2D eigenvalue weighted by Crippen LogP contribution is -2.24. The van der Waals surface area contributed by atoms with Gasteiger partial charge in [-0.3, -0.25) is 4.79 Å². The van der Waals surface area contributed by atoms with Gasteiger partial charge in [-0.2, -0.15) is 0 Å². The van der Waals surface area contributed by atoms with E-state index in [2.05, 4.69) is 30.9 Å². The molecule has 146 valence electrons. The summed E-state index contributed by atoms with van der Waals surface area (Å²) in [5.74, 6) is 0.699. The van der Waals surface area contributed by atoms with Gasteiger partial charge in [0.25, 0.3) is 5.91 Å². The molecule has 0 fully saturated rings. The molecule has 3 aromatic heterocycles. The van der Waals surface area contributed by atoms with Crippen LogP contribution in [0.5, 0.6) is 0 Å². The number of thiazole rings is 1. The minimum Gasteiger partial charge on any atom is -0.395 e. The van der Waals surface area contributed by atoms with Crippen molar-refractivity contribution in [1.29, 1.82) is 0 Å². The van der Waals surface area contributed by atoms with Crippen LogP contribution in [0.3, 0.4) is 0 Å². The topological polar surface area (TPSA) is 115 Å². The Morgan fingerprint density at radius 1 is 1.18 bits per heavy atom. The number of nitrogens with one attached hydrogen (secondary N) is 4. The molecule has 0 spiro atoms. The van der Waals surface area contributed by atoms with Crippen molar-refractivity contribution in [1.82, 2.24) is 20.3 Å². The highest BCUT2D eigenvalue weighted by Crippen LogP contribution is 2.33. The molecule has 0 aliphatic carbocycles. The van der Waals surface area contributed by atoms with Crippen molar-refractivity contribution in [3.8, 4) is 0 Å². The Morgan fingerprint density at radius 2 is 2.07 bits per heavy atom. The maximum atomic E-state index is 12.6. The fourth-order valence-corrected chi connectivity index (χ4v) is 4.83. The molecule has 0 atom stereocenters. The monoisotopic (exact) mass is 416 g/mol. The predicted octanol–water partition coefficient (Wildman–Crippen LogP) is 2.79. The summed E-state index contributed by atoms with van der Waals surface area (Å²) in [6, 6.07) is 7.49. The molecule has 10 heteroatoms. The predicted molar refractivity (Wildman–Crippen MR) is 115 cm³/mol. The zero-order valence-electron chi connectivity index (χ0n) is 15.2. The van der Waals surface area contributed by atoms with E-state index in [0.29, 0.717) is 11.4 Å². The van der Waals surface area contributed by atoms with Crippen molar-refractivity contribution in [2.75, 3.05) is 36.9 Å². The molecule has 5 N–H and O–H groups in total. The van der Waals surface area contributed by atoms with Crippen LogP contribution in [0.1, 0.15) is 15.5 Å². The molecule has 1 aromatic carbocycles. The Hall–Kier alpha value is -2.53. The third kappa shape index (κ3) is 4.14. The van der Waals surface area contributed by atoms with Gasteiger partial charge < -0.3 is 26.0 Å². The number of fused-ring (bicyclic) bond motifs is 2. The SMILES string of the molecule is Cc1nc2ccc(NC(=O)c3cc4sc(NCCNCCO)nc4s3)cc2[nH]1. The summed E-state index contributed by atoms with van der Waals surface area (Å²) in [6.45, 7) is 4.09. The Bertz CT molecular complexity index is 1080. The zero-order chi connectivity index (χ0) is 19.5. The van der Waals surface area contributed by atoms with E-state index in [4.69, 9.17) is 5.11 Å². The third-order valence-corrected chi connectivity index (χ3v) is 6.15. The van der Waals surface area contributed by atoms with E-state index in [9.17, 15) is 4.79 Å². The normalized spacial score (nSPS) is 11.4. The first-order valence-corrected chi connectivity index (χ1v) is 10.5. The number of carbonyl (C=O) groups is 1. The van der Waals surface area contributed by atoms with Crippen LogP contribution < -0.4 is 16.0 Å². The van der Waals surface area contributed by atoms with Crippen LogP contribution in [0, 0.1) is 6.92 Å². The quantitative estimate of drug-likeness (QED) is 0.282. The molecule has 0 saturated heterocycles. The van der Waals surface area contributed by atoms with Gasteiger partial charge in [0, 0.05) is 25.3 Å². The van der Waals surface area contributed by atoms with Crippen molar-refractivity contribution in [2.24, 2.45) is 0 Å². The summed E-state index contributed by atoms with van der Waals surface area (Å²) in [4.78, 5) is 26.1. The summed E-state index contributed by atoms with van der Waals surface area (Å²) >= 11 is 2.91. The maximum absolute atomic E-state index is 12.6. The van der Waals surface area contributed by atoms with Crippen LogP contribution in [0.15, 0.2) is 24.3 Å². The second-order valence-corrected chi connectivity index (χ2v) is 8.27. The van der Waals surface area contributed by atoms with E-state index >= 15 is 0 Å². The van der Waals surface area contributed by atoms with Gasteiger partial charge in [0.15, 0.2) is 5.13 Å². The molecule has 8 nitrogen and oxygen atoms in total. The number of benzene rings is 1. The first kappa shape index (κ1) is 18.8. The number of aliphatic hydroxyl groups is 1. The van der Waals surface area contributed by atoms with E-state index in [1.807, 2.05) is 31.2 Å². The lowest BCUT2D eigenvalue weighted by Gasteiger charge is -2.03. The van der Waals surface area contributed by atoms with Crippen LogP contribution in [0.4, 0.5) is 10.8 Å².